The number of para-hydroxylation sites is 1. The van der Waals surface area contributed by atoms with Crippen molar-refractivity contribution in [2.45, 2.75) is 0 Å². The topological polar surface area (TPSA) is 69.6 Å². The highest BCUT2D eigenvalue weighted by Gasteiger charge is 2.14. The zero-order valence-electron chi connectivity index (χ0n) is 9.63. The molecule has 90 valence electrons. The first-order valence-corrected chi connectivity index (χ1v) is 5.74. The Hall–Kier alpha value is -2.14. The third-order valence-corrected chi connectivity index (χ3v) is 2.92. The molecule has 0 amide bonds. The van der Waals surface area contributed by atoms with Gasteiger partial charge < -0.3 is 10.3 Å². The highest BCUT2D eigenvalue weighted by atomic mass is 35.5. The Balaban J connectivity index is 2.39. The second-order valence-corrected chi connectivity index (χ2v) is 4.29. The van der Waals surface area contributed by atoms with E-state index in [1.54, 1.807) is 10.9 Å². The molecule has 0 bridgehead atoms. The van der Waals surface area contributed by atoms with E-state index in [9.17, 15) is 0 Å². The highest BCUT2D eigenvalue weighted by molar-refractivity contribution is 6.28. The largest absolute Gasteiger partial charge is 0.398 e. The molecule has 6 heteroatoms. The van der Waals surface area contributed by atoms with Crippen molar-refractivity contribution in [2.75, 3.05) is 5.73 Å². The summed E-state index contributed by atoms with van der Waals surface area (Å²) in [7, 11) is 1.86. The molecule has 2 heterocycles. The molecule has 0 aliphatic carbocycles. The lowest BCUT2D eigenvalue weighted by Crippen LogP contribution is -1.96. The van der Waals surface area contributed by atoms with Crippen molar-refractivity contribution in [1.82, 2.24) is 19.5 Å². The molecule has 0 spiro atoms. The molecule has 1 aromatic carbocycles. The second kappa shape index (κ2) is 3.96. The summed E-state index contributed by atoms with van der Waals surface area (Å²) in [6, 6.07) is 7.48. The molecule has 5 nitrogen and oxygen atoms in total. The van der Waals surface area contributed by atoms with Crippen LogP contribution in [0.1, 0.15) is 0 Å². The van der Waals surface area contributed by atoms with Gasteiger partial charge in [0.1, 0.15) is 11.2 Å². The summed E-state index contributed by atoms with van der Waals surface area (Å²) in [5.41, 5.74) is 9.45. The lowest BCUT2D eigenvalue weighted by atomic mass is 10.1. The molecule has 0 aliphatic heterocycles. The molecule has 3 rings (SSSR count). The Morgan fingerprint density at radius 3 is 2.78 bits per heavy atom. The first-order chi connectivity index (χ1) is 8.66. The van der Waals surface area contributed by atoms with Crippen LogP contribution in [0.4, 0.5) is 5.69 Å². The fourth-order valence-corrected chi connectivity index (χ4v) is 2.05. The van der Waals surface area contributed by atoms with Gasteiger partial charge in [-0.3, -0.25) is 0 Å². The van der Waals surface area contributed by atoms with Crippen LogP contribution in [0.15, 0.2) is 30.6 Å². The van der Waals surface area contributed by atoms with Crippen molar-refractivity contribution in [3.05, 3.63) is 35.9 Å². The van der Waals surface area contributed by atoms with E-state index in [1.807, 2.05) is 31.3 Å². The standard InChI is InChI=1S/C12H10ClN5/c1-18-6-15-10-9(16-12(13)17-11(10)18)7-4-2-3-5-8(7)14/h2-6H,14H2,1H3. The molecule has 2 aromatic heterocycles. The van der Waals surface area contributed by atoms with Crippen molar-refractivity contribution in [3.63, 3.8) is 0 Å². The molecule has 0 fully saturated rings. The highest BCUT2D eigenvalue weighted by Crippen LogP contribution is 2.29. The second-order valence-electron chi connectivity index (χ2n) is 3.96. The van der Waals surface area contributed by atoms with Gasteiger partial charge in [0.05, 0.1) is 6.33 Å². The monoisotopic (exact) mass is 259 g/mol. The number of rotatable bonds is 1. The summed E-state index contributed by atoms with van der Waals surface area (Å²) in [5, 5.41) is 0.185. The summed E-state index contributed by atoms with van der Waals surface area (Å²) in [6.07, 6.45) is 1.68. The predicted octanol–water partition coefficient (Wildman–Crippen LogP) is 2.27. The van der Waals surface area contributed by atoms with Crippen molar-refractivity contribution in [1.29, 1.82) is 0 Å². The van der Waals surface area contributed by atoms with Gasteiger partial charge in [-0.25, -0.2) is 9.97 Å². The van der Waals surface area contributed by atoms with Crippen molar-refractivity contribution in [2.24, 2.45) is 7.05 Å². The lowest BCUT2D eigenvalue weighted by molar-refractivity contribution is 0.928. The van der Waals surface area contributed by atoms with Crippen LogP contribution in [0.25, 0.3) is 22.4 Å². The van der Waals surface area contributed by atoms with Crippen molar-refractivity contribution >= 4 is 28.5 Å². The zero-order valence-corrected chi connectivity index (χ0v) is 10.4. The third-order valence-electron chi connectivity index (χ3n) is 2.75. The summed E-state index contributed by atoms with van der Waals surface area (Å²) in [5.74, 6) is 0. The predicted molar refractivity (Wildman–Crippen MR) is 71.2 cm³/mol. The number of anilines is 1. The molecule has 0 saturated heterocycles. The van der Waals surface area contributed by atoms with Crippen molar-refractivity contribution in [3.8, 4) is 11.3 Å². The maximum absolute atomic E-state index is 5.96. The maximum atomic E-state index is 5.96. The normalized spacial score (nSPS) is 11.0. The molecule has 0 aliphatic rings. The van der Waals surface area contributed by atoms with E-state index < -0.39 is 0 Å². The maximum Gasteiger partial charge on any atom is 0.225 e. The SMILES string of the molecule is Cn1cnc2c(-c3ccccc3N)nc(Cl)nc21. The summed E-state index contributed by atoms with van der Waals surface area (Å²) in [4.78, 5) is 12.7. The number of imidazole rings is 1. The smallest absolute Gasteiger partial charge is 0.225 e. The minimum absolute atomic E-state index is 0.185. The minimum atomic E-state index is 0.185. The van der Waals surface area contributed by atoms with E-state index >= 15 is 0 Å². The van der Waals surface area contributed by atoms with E-state index in [4.69, 9.17) is 17.3 Å². The molecule has 18 heavy (non-hydrogen) atoms. The molecule has 0 unspecified atom stereocenters. The number of halogens is 1. The minimum Gasteiger partial charge on any atom is -0.398 e. The van der Waals surface area contributed by atoms with E-state index in [-0.39, 0.29) is 5.28 Å². The number of nitrogens with zero attached hydrogens (tertiary/aromatic N) is 4. The Morgan fingerprint density at radius 1 is 1.22 bits per heavy atom. The quantitative estimate of drug-likeness (QED) is 0.538. The van der Waals surface area contributed by atoms with Gasteiger partial charge >= 0.3 is 0 Å². The van der Waals surface area contributed by atoms with Crippen LogP contribution in [0.5, 0.6) is 0 Å². The molecule has 0 saturated carbocycles. The Kier molecular flexibility index (Phi) is 2.41. The molecule has 0 atom stereocenters. The molecule has 3 aromatic rings. The average molecular weight is 260 g/mol. The number of benzene rings is 1. The van der Waals surface area contributed by atoms with E-state index in [1.165, 1.54) is 0 Å². The Bertz CT molecular complexity index is 734. The first kappa shape index (κ1) is 11.0. The van der Waals surface area contributed by atoms with E-state index in [2.05, 4.69) is 15.0 Å². The number of hydrogen-bond donors (Lipinski definition) is 1. The first-order valence-electron chi connectivity index (χ1n) is 5.36. The zero-order chi connectivity index (χ0) is 12.7. The molecular formula is C12H10ClN5. The van der Waals surface area contributed by atoms with Crippen LogP contribution in [0.2, 0.25) is 5.28 Å². The average Bonchev–Trinajstić information content (AvgIpc) is 2.71. The summed E-state index contributed by atoms with van der Waals surface area (Å²) in [6.45, 7) is 0. The van der Waals surface area contributed by atoms with Gasteiger partial charge in [-0.1, -0.05) is 18.2 Å². The van der Waals surface area contributed by atoms with Crippen molar-refractivity contribution < 1.29 is 0 Å². The van der Waals surface area contributed by atoms with E-state index in [0.29, 0.717) is 22.5 Å². The number of nitrogen functional groups attached to an aromatic ring is 1. The summed E-state index contributed by atoms with van der Waals surface area (Å²) >= 11 is 5.95. The molecular weight excluding hydrogens is 250 g/mol. The Labute approximate surface area is 108 Å². The number of hydrogen-bond acceptors (Lipinski definition) is 4. The van der Waals surface area contributed by atoms with Gasteiger partial charge in [-0.05, 0) is 17.7 Å². The third kappa shape index (κ3) is 1.60. The number of aryl methyl sites for hydroxylation is 1. The fraction of sp³-hybridized carbons (Fsp3) is 0.0833. The van der Waals surface area contributed by atoms with Crippen LogP contribution >= 0.6 is 11.6 Å². The molecule has 0 radical (unpaired) electrons. The van der Waals surface area contributed by atoms with Crippen LogP contribution in [0.3, 0.4) is 0 Å². The van der Waals surface area contributed by atoms with Crippen LogP contribution < -0.4 is 5.73 Å². The van der Waals surface area contributed by atoms with Gasteiger partial charge in [-0.15, -0.1) is 0 Å². The lowest BCUT2D eigenvalue weighted by Gasteiger charge is -2.05. The van der Waals surface area contributed by atoms with Gasteiger partial charge in [0.15, 0.2) is 5.65 Å². The number of fused-ring (bicyclic) bond motifs is 1. The van der Waals surface area contributed by atoms with Crippen LogP contribution in [-0.4, -0.2) is 19.5 Å². The van der Waals surface area contributed by atoms with Gasteiger partial charge in [0.2, 0.25) is 5.28 Å². The number of nitrogens with two attached hydrogens (primary N) is 1. The van der Waals surface area contributed by atoms with Gasteiger partial charge in [-0.2, -0.15) is 4.98 Å². The van der Waals surface area contributed by atoms with Crippen LogP contribution in [-0.2, 0) is 7.05 Å². The Morgan fingerprint density at radius 2 is 2.00 bits per heavy atom. The number of aromatic nitrogens is 4. The van der Waals surface area contributed by atoms with E-state index in [0.717, 1.165) is 5.56 Å². The molecule has 2 N–H and O–H groups in total. The van der Waals surface area contributed by atoms with Gasteiger partial charge in [0, 0.05) is 18.3 Å². The summed E-state index contributed by atoms with van der Waals surface area (Å²) < 4.78 is 1.80. The van der Waals surface area contributed by atoms with Gasteiger partial charge in [0.25, 0.3) is 0 Å². The fourth-order valence-electron chi connectivity index (χ4n) is 1.88. The van der Waals surface area contributed by atoms with Crippen LogP contribution in [0, 0.1) is 0 Å².